The van der Waals surface area contributed by atoms with Crippen molar-refractivity contribution in [2.24, 2.45) is 11.8 Å². The summed E-state index contributed by atoms with van der Waals surface area (Å²) >= 11 is 0. The first-order valence-corrected chi connectivity index (χ1v) is 7.90. The molecule has 0 radical (unpaired) electrons. The molecule has 114 valence electrons. The summed E-state index contributed by atoms with van der Waals surface area (Å²) in [6, 6.07) is -0.0665. The van der Waals surface area contributed by atoms with Gasteiger partial charge in [0.1, 0.15) is 6.04 Å². The van der Waals surface area contributed by atoms with Crippen molar-refractivity contribution in [2.75, 3.05) is 32.8 Å². The van der Waals surface area contributed by atoms with E-state index in [9.17, 15) is 4.79 Å². The standard InChI is InChI=1S/C16H28N2O2/c1-4-20-16(19)15(18-7-5-17-6-8-18)14-10-12(2)9-13(3)11-14/h9,12,14-15,17H,4-8,10-11H2,1-3H3. The average Bonchev–Trinajstić information content (AvgIpc) is 2.39. The van der Waals surface area contributed by atoms with E-state index in [2.05, 4.69) is 30.1 Å². The van der Waals surface area contributed by atoms with Gasteiger partial charge >= 0.3 is 5.97 Å². The summed E-state index contributed by atoms with van der Waals surface area (Å²) in [7, 11) is 0. The van der Waals surface area contributed by atoms with Crippen molar-refractivity contribution >= 4 is 5.97 Å². The fraction of sp³-hybridized carbons (Fsp3) is 0.812. The zero-order valence-electron chi connectivity index (χ0n) is 13.0. The third-order valence-corrected chi connectivity index (χ3v) is 4.35. The number of carbonyl (C=O) groups is 1. The number of allylic oxidation sites excluding steroid dienone is 2. The molecule has 4 nitrogen and oxygen atoms in total. The minimum Gasteiger partial charge on any atom is -0.465 e. The number of nitrogens with one attached hydrogen (secondary N) is 1. The van der Waals surface area contributed by atoms with Crippen molar-refractivity contribution in [1.82, 2.24) is 10.2 Å². The predicted octanol–water partition coefficient (Wildman–Crippen LogP) is 1.82. The van der Waals surface area contributed by atoms with Crippen LogP contribution in [0.15, 0.2) is 11.6 Å². The first-order chi connectivity index (χ1) is 9.61. The molecule has 1 saturated heterocycles. The van der Waals surface area contributed by atoms with Crippen LogP contribution in [0.5, 0.6) is 0 Å². The van der Waals surface area contributed by atoms with E-state index in [-0.39, 0.29) is 12.0 Å². The quantitative estimate of drug-likeness (QED) is 0.630. The van der Waals surface area contributed by atoms with Gasteiger partial charge in [-0.15, -0.1) is 0 Å². The molecule has 3 unspecified atom stereocenters. The smallest absolute Gasteiger partial charge is 0.323 e. The number of ether oxygens (including phenoxy) is 1. The highest BCUT2D eigenvalue weighted by atomic mass is 16.5. The summed E-state index contributed by atoms with van der Waals surface area (Å²) < 4.78 is 5.36. The fourth-order valence-corrected chi connectivity index (χ4v) is 3.66. The molecule has 0 spiro atoms. The zero-order valence-corrected chi connectivity index (χ0v) is 13.0. The third-order valence-electron chi connectivity index (χ3n) is 4.35. The van der Waals surface area contributed by atoms with E-state index in [4.69, 9.17) is 4.74 Å². The molecule has 1 heterocycles. The van der Waals surface area contributed by atoms with Crippen molar-refractivity contribution in [1.29, 1.82) is 0 Å². The summed E-state index contributed by atoms with van der Waals surface area (Å²) in [4.78, 5) is 14.8. The van der Waals surface area contributed by atoms with Crippen LogP contribution in [-0.4, -0.2) is 49.7 Å². The van der Waals surface area contributed by atoms with Gasteiger partial charge in [0.25, 0.3) is 0 Å². The lowest BCUT2D eigenvalue weighted by molar-refractivity contribution is -0.152. The van der Waals surface area contributed by atoms with Crippen LogP contribution in [0.2, 0.25) is 0 Å². The number of nitrogens with zero attached hydrogens (tertiary/aromatic N) is 1. The summed E-state index contributed by atoms with van der Waals surface area (Å²) in [6.07, 6.45) is 4.46. The van der Waals surface area contributed by atoms with Gasteiger partial charge in [0, 0.05) is 26.2 Å². The first-order valence-electron chi connectivity index (χ1n) is 7.90. The molecule has 1 N–H and O–H groups in total. The number of hydrogen-bond donors (Lipinski definition) is 1. The molecule has 20 heavy (non-hydrogen) atoms. The molecule has 3 atom stereocenters. The van der Waals surface area contributed by atoms with Gasteiger partial charge in [0.2, 0.25) is 0 Å². The summed E-state index contributed by atoms with van der Waals surface area (Å²) in [5.41, 5.74) is 1.41. The van der Waals surface area contributed by atoms with E-state index in [0.29, 0.717) is 18.4 Å². The number of rotatable bonds is 4. The molecular weight excluding hydrogens is 252 g/mol. The second-order valence-corrected chi connectivity index (χ2v) is 6.17. The van der Waals surface area contributed by atoms with Crippen LogP contribution in [0.3, 0.4) is 0 Å². The first kappa shape index (κ1) is 15.5. The maximum atomic E-state index is 12.5. The Morgan fingerprint density at radius 2 is 2.20 bits per heavy atom. The van der Waals surface area contributed by atoms with Crippen LogP contribution in [0.25, 0.3) is 0 Å². The van der Waals surface area contributed by atoms with Gasteiger partial charge in [-0.2, -0.15) is 0 Å². The molecule has 0 amide bonds. The Hall–Kier alpha value is -0.870. The maximum absolute atomic E-state index is 12.5. The van der Waals surface area contributed by atoms with E-state index >= 15 is 0 Å². The van der Waals surface area contributed by atoms with Gasteiger partial charge in [-0.05, 0) is 38.5 Å². The molecule has 0 aromatic heterocycles. The van der Waals surface area contributed by atoms with E-state index in [1.54, 1.807) is 0 Å². The van der Waals surface area contributed by atoms with Crippen molar-refractivity contribution in [2.45, 2.75) is 39.7 Å². The minimum absolute atomic E-state index is 0.0266. The Balaban J connectivity index is 2.12. The molecule has 1 fully saturated rings. The Kier molecular flexibility index (Phi) is 5.61. The van der Waals surface area contributed by atoms with Gasteiger partial charge in [0.05, 0.1) is 6.61 Å². The predicted molar refractivity (Wildman–Crippen MR) is 80.5 cm³/mol. The largest absolute Gasteiger partial charge is 0.465 e. The third kappa shape index (κ3) is 3.83. The zero-order chi connectivity index (χ0) is 14.5. The van der Waals surface area contributed by atoms with Crippen LogP contribution >= 0.6 is 0 Å². The van der Waals surface area contributed by atoms with Crippen LogP contribution in [0.1, 0.15) is 33.6 Å². The van der Waals surface area contributed by atoms with Gasteiger partial charge < -0.3 is 10.1 Å². The van der Waals surface area contributed by atoms with Gasteiger partial charge in [-0.3, -0.25) is 9.69 Å². The molecule has 4 heteroatoms. The Bertz CT molecular complexity index is 361. The lowest BCUT2D eigenvalue weighted by Crippen LogP contribution is -2.55. The Morgan fingerprint density at radius 1 is 1.50 bits per heavy atom. The van der Waals surface area contributed by atoms with Crippen molar-refractivity contribution < 1.29 is 9.53 Å². The van der Waals surface area contributed by atoms with Crippen molar-refractivity contribution in [3.8, 4) is 0 Å². The highest BCUT2D eigenvalue weighted by Gasteiger charge is 2.37. The van der Waals surface area contributed by atoms with E-state index in [1.807, 2.05) is 6.92 Å². The van der Waals surface area contributed by atoms with E-state index < -0.39 is 0 Å². The number of esters is 1. The highest BCUT2D eigenvalue weighted by molar-refractivity contribution is 5.76. The van der Waals surface area contributed by atoms with Crippen LogP contribution in [0, 0.1) is 11.8 Å². The fourth-order valence-electron chi connectivity index (χ4n) is 3.66. The van der Waals surface area contributed by atoms with Crippen molar-refractivity contribution in [3.05, 3.63) is 11.6 Å². The molecule has 2 rings (SSSR count). The maximum Gasteiger partial charge on any atom is 0.323 e. The SMILES string of the molecule is CCOC(=O)C(C1CC(C)=CC(C)C1)N1CCNCC1. The minimum atomic E-state index is -0.0665. The van der Waals surface area contributed by atoms with Crippen LogP contribution in [0.4, 0.5) is 0 Å². The molecule has 0 aromatic carbocycles. The Morgan fingerprint density at radius 3 is 2.80 bits per heavy atom. The number of piperazine rings is 1. The molecule has 1 aliphatic heterocycles. The summed E-state index contributed by atoms with van der Waals surface area (Å²) in [5.74, 6) is 0.932. The number of hydrogen-bond acceptors (Lipinski definition) is 4. The second kappa shape index (κ2) is 7.23. The summed E-state index contributed by atoms with van der Waals surface area (Å²) in [6.45, 7) is 10.6. The van der Waals surface area contributed by atoms with Crippen LogP contribution < -0.4 is 5.32 Å². The second-order valence-electron chi connectivity index (χ2n) is 6.17. The average molecular weight is 280 g/mol. The molecule has 0 saturated carbocycles. The normalized spacial score (nSPS) is 29.6. The van der Waals surface area contributed by atoms with Gasteiger partial charge in [-0.1, -0.05) is 18.6 Å². The topological polar surface area (TPSA) is 41.6 Å². The summed E-state index contributed by atoms with van der Waals surface area (Å²) in [5, 5.41) is 3.36. The molecular formula is C16H28N2O2. The van der Waals surface area contributed by atoms with Gasteiger partial charge in [0.15, 0.2) is 0 Å². The molecule has 0 aromatic rings. The Labute approximate surface area is 122 Å². The number of carbonyl (C=O) groups excluding carboxylic acids is 1. The van der Waals surface area contributed by atoms with Crippen molar-refractivity contribution in [3.63, 3.8) is 0 Å². The molecule has 1 aliphatic carbocycles. The molecule has 2 aliphatic rings. The van der Waals surface area contributed by atoms with E-state index in [0.717, 1.165) is 39.0 Å². The lowest BCUT2D eigenvalue weighted by Gasteiger charge is -2.40. The monoisotopic (exact) mass is 280 g/mol. The molecule has 0 bridgehead atoms. The van der Waals surface area contributed by atoms with Gasteiger partial charge in [-0.25, -0.2) is 0 Å². The highest BCUT2D eigenvalue weighted by Crippen LogP contribution is 2.33. The van der Waals surface area contributed by atoms with Crippen LogP contribution in [-0.2, 0) is 9.53 Å². The van der Waals surface area contributed by atoms with E-state index in [1.165, 1.54) is 5.57 Å². The lowest BCUT2D eigenvalue weighted by atomic mass is 9.79.